The fourth-order valence-electron chi connectivity index (χ4n) is 3.55. The van der Waals surface area contributed by atoms with E-state index in [-0.39, 0.29) is 24.0 Å². The third kappa shape index (κ3) is 7.43. The van der Waals surface area contributed by atoms with E-state index in [0.29, 0.717) is 5.92 Å². The van der Waals surface area contributed by atoms with Crippen LogP contribution in [-0.2, 0) is 13.1 Å². The van der Waals surface area contributed by atoms with E-state index < -0.39 is 0 Å². The van der Waals surface area contributed by atoms with E-state index in [0.717, 1.165) is 25.6 Å². The van der Waals surface area contributed by atoms with Gasteiger partial charge in [-0.2, -0.15) is 0 Å². The Bertz CT molecular complexity index is 702. The second-order valence-corrected chi connectivity index (χ2v) is 8.15. The van der Waals surface area contributed by atoms with Crippen LogP contribution in [0.2, 0.25) is 0 Å². The lowest BCUT2D eigenvalue weighted by atomic mass is 9.98. The first-order valence-electron chi connectivity index (χ1n) is 9.47. The van der Waals surface area contributed by atoms with Gasteiger partial charge in [-0.3, -0.25) is 9.89 Å². The van der Waals surface area contributed by atoms with Crippen molar-refractivity contribution in [3.63, 3.8) is 0 Å². The minimum absolute atomic E-state index is 0. The molecule has 0 saturated carbocycles. The van der Waals surface area contributed by atoms with E-state index in [2.05, 4.69) is 69.2 Å². The van der Waals surface area contributed by atoms with Crippen LogP contribution in [0.5, 0.6) is 0 Å². The largest absolute Gasteiger partial charge is 0.356 e. The van der Waals surface area contributed by atoms with Crippen LogP contribution in [0.3, 0.4) is 0 Å². The van der Waals surface area contributed by atoms with Crippen molar-refractivity contribution in [2.75, 3.05) is 26.7 Å². The SMILES string of the molecule is CN=C(NCc1cccc(C)c1)NCC1CCCN(Cc2cccs2)C1.I. The van der Waals surface area contributed by atoms with Crippen LogP contribution in [0.4, 0.5) is 0 Å². The number of guanidine groups is 1. The predicted molar refractivity (Wildman–Crippen MR) is 127 cm³/mol. The van der Waals surface area contributed by atoms with Crippen LogP contribution >= 0.6 is 35.3 Å². The summed E-state index contributed by atoms with van der Waals surface area (Å²) >= 11 is 1.86. The average molecular weight is 498 g/mol. The number of nitrogens with one attached hydrogen (secondary N) is 2. The summed E-state index contributed by atoms with van der Waals surface area (Å²) in [5, 5.41) is 9.11. The quantitative estimate of drug-likeness (QED) is 0.356. The van der Waals surface area contributed by atoms with Gasteiger partial charge in [0.05, 0.1) is 0 Å². The minimum Gasteiger partial charge on any atom is -0.356 e. The zero-order valence-corrected chi connectivity index (χ0v) is 19.4. The third-order valence-electron chi connectivity index (χ3n) is 4.89. The van der Waals surface area contributed by atoms with Gasteiger partial charge in [-0.15, -0.1) is 35.3 Å². The van der Waals surface area contributed by atoms with Crippen molar-refractivity contribution in [1.82, 2.24) is 15.5 Å². The summed E-state index contributed by atoms with van der Waals surface area (Å²) in [6.45, 7) is 7.38. The molecule has 1 atom stereocenters. The van der Waals surface area contributed by atoms with Crippen LogP contribution in [0, 0.1) is 12.8 Å². The van der Waals surface area contributed by atoms with Crippen LogP contribution in [0.25, 0.3) is 0 Å². The molecule has 1 aromatic carbocycles. The van der Waals surface area contributed by atoms with Gasteiger partial charge in [0.2, 0.25) is 0 Å². The normalized spacial score (nSPS) is 18.0. The molecule has 1 aromatic heterocycles. The van der Waals surface area contributed by atoms with E-state index in [1.54, 1.807) is 0 Å². The summed E-state index contributed by atoms with van der Waals surface area (Å²) in [6, 6.07) is 13.0. The highest BCUT2D eigenvalue weighted by Gasteiger charge is 2.20. The Morgan fingerprint density at radius 3 is 2.89 bits per heavy atom. The molecule has 2 heterocycles. The molecule has 4 nitrogen and oxygen atoms in total. The van der Waals surface area contributed by atoms with Crippen molar-refractivity contribution in [1.29, 1.82) is 0 Å². The number of nitrogens with zero attached hydrogens (tertiary/aromatic N) is 2. The maximum atomic E-state index is 4.37. The first kappa shape index (κ1) is 22.2. The van der Waals surface area contributed by atoms with Crippen LogP contribution < -0.4 is 10.6 Å². The van der Waals surface area contributed by atoms with Gasteiger partial charge in [-0.25, -0.2) is 0 Å². The van der Waals surface area contributed by atoms with Gasteiger partial charge in [0.1, 0.15) is 0 Å². The molecule has 0 radical (unpaired) electrons. The second-order valence-electron chi connectivity index (χ2n) is 7.12. The Hall–Kier alpha value is -1.12. The maximum Gasteiger partial charge on any atom is 0.191 e. The van der Waals surface area contributed by atoms with Gasteiger partial charge in [-0.1, -0.05) is 35.9 Å². The molecule has 6 heteroatoms. The number of hydrogen-bond donors (Lipinski definition) is 2. The zero-order chi connectivity index (χ0) is 18.2. The summed E-state index contributed by atoms with van der Waals surface area (Å²) in [7, 11) is 1.84. The lowest BCUT2D eigenvalue weighted by Gasteiger charge is -2.32. The molecule has 1 aliphatic rings. The molecule has 148 valence electrons. The lowest BCUT2D eigenvalue weighted by Crippen LogP contribution is -2.44. The molecule has 1 aliphatic heterocycles. The van der Waals surface area contributed by atoms with Crippen molar-refractivity contribution in [2.24, 2.45) is 10.9 Å². The van der Waals surface area contributed by atoms with Crippen LogP contribution in [0.15, 0.2) is 46.8 Å². The summed E-state index contributed by atoms with van der Waals surface area (Å²) in [4.78, 5) is 8.43. The Kier molecular flexibility index (Phi) is 9.58. The fraction of sp³-hybridized carbons (Fsp3) is 0.476. The number of aryl methyl sites for hydroxylation is 1. The van der Waals surface area contributed by atoms with Gasteiger partial charge in [-0.05, 0) is 49.2 Å². The third-order valence-corrected chi connectivity index (χ3v) is 5.75. The Balaban J connectivity index is 0.00000261. The topological polar surface area (TPSA) is 39.7 Å². The molecule has 1 saturated heterocycles. The molecule has 0 aliphatic carbocycles. The molecular formula is C21H31IN4S. The zero-order valence-electron chi connectivity index (χ0n) is 16.3. The van der Waals surface area contributed by atoms with E-state index in [9.17, 15) is 0 Å². The molecule has 0 amide bonds. The number of aliphatic imine (C=N–C) groups is 1. The molecule has 2 N–H and O–H groups in total. The molecule has 3 rings (SSSR count). The number of piperidine rings is 1. The summed E-state index contributed by atoms with van der Waals surface area (Å²) in [5.74, 6) is 1.57. The highest BCUT2D eigenvalue weighted by atomic mass is 127. The van der Waals surface area contributed by atoms with Crippen molar-refractivity contribution in [2.45, 2.75) is 32.9 Å². The van der Waals surface area contributed by atoms with E-state index >= 15 is 0 Å². The van der Waals surface area contributed by atoms with Crippen LogP contribution in [-0.4, -0.2) is 37.5 Å². The molecule has 27 heavy (non-hydrogen) atoms. The second kappa shape index (κ2) is 11.7. The lowest BCUT2D eigenvalue weighted by molar-refractivity contribution is 0.169. The first-order chi connectivity index (χ1) is 12.7. The summed E-state index contributed by atoms with van der Waals surface area (Å²) in [5.41, 5.74) is 2.58. The average Bonchev–Trinajstić information content (AvgIpc) is 3.15. The summed E-state index contributed by atoms with van der Waals surface area (Å²) in [6.07, 6.45) is 2.58. The minimum atomic E-state index is 0. The summed E-state index contributed by atoms with van der Waals surface area (Å²) < 4.78 is 0. The molecule has 1 fully saturated rings. The van der Waals surface area contributed by atoms with Crippen molar-refractivity contribution >= 4 is 41.3 Å². The van der Waals surface area contributed by atoms with E-state index in [4.69, 9.17) is 0 Å². The molecule has 0 spiro atoms. The number of hydrogen-bond acceptors (Lipinski definition) is 3. The van der Waals surface area contributed by atoms with Gasteiger partial charge in [0.15, 0.2) is 5.96 Å². The van der Waals surface area contributed by atoms with Crippen molar-refractivity contribution < 1.29 is 0 Å². The molecule has 0 bridgehead atoms. The highest BCUT2D eigenvalue weighted by molar-refractivity contribution is 14.0. The Morgan fingerprint density at radius 1 is 1.26 bits per heavy atom. The number of thiophene rings is 1. The smallest absolute Gasteiger partial charge is 0.191 e. The van der Waals surface area contributed by atoms with E-state index in [1.165, 1.54) is 41.9 Å². The molecular weight excluding hydrogens is 467 g/mol. The van der Waals surface area contributed by atoms with E-state index in [1.807, 2.05) is 18.4 Å². The predicted octanol–water partition coefficient (Wildman–Crippen LogP) is 4.25. The first-order valence-corrected chi connectivity index (χ1v) is 10.4. The number of benzene rings is 1. The standard InChI is InChI=1S/C21H30N4S.HI/c1-17-6-3-7-18(12-17)13-23-21(22-2)24-14-19-8-4-10-25(15-19)16-20-9-5-11-26-20;/h3,5-7,9,11-12,19H,4,8,10,13-16H2,1-2H3,(H2,22,23,24);1H. The monoisotopic (exact) mass is 498 g/mol. The highest BCUT2D eigenvalue weighted by Crippen LogP contribution is 2.19. The molecule has 2 aromatic rings. The van der Waals surface area contributed by atoms with Gasteiger partial charge in [0, 0.05) is 38.1 Å². The Morgan fingerprint density at radius 2 is 2.15 bits per heavy atom. The molecule has 1 unspecified atom stereocenters. The van der Waals surface area contributed by atoms with Gasteiger partial charge in [0.25, 0.3) is 0 Å². The number of likely N-dealkylation sites (tertiary alicyclic amines) is 1. The van der Waals surface area contributed by atoms with Gasteiger partial charge < -0.3 is 10.6 Å². The van der Waals surface area contributed by atoms with Crippen LogP contribution in [0.1, 0.15) is 28.8 Å². The fourth-order valence-corrected chi connectivity index (χ4v) is 4.30. The maximum absolute atomic E-state index is 4.37. The number of halogens is 1. The van der Waals surface area contributed by atoms with Crippen molar-refractivity contribution in [3.8, 4) is 0 Å². The Labute approximate surface area is 184 Å². The van der Waals surface area contributed by atoms with Gasteiger partial charge >= 0.3 is 0 Å². The number of rotatable bonds is 6. The van der Waals surface area contributed by atoms with Crippen molar-refractivity contribution in [3.05, 3.63) is 57.8 Å².